The summed E-state index contributed by atoms with van der Waals surface area (Å²) in [5, 5.41) is 17.3. The van der Waals surface area contributed by atoms with Gasteiger partial charge in [0.15, 0.2) is 0 Å². The van der Waals surface area contributed by atoms with E-state index in [9.17, 15) is 14.7 Å². The number of amides is 1. The third-order valence-corrected chi connectivity index (χ3v) is 12.4. The second-order valence-electron chi connectivity index (χ2n) is 13.1. The number of carbonyl (C=O) groups excluding carboxylic acids is 1. The molecular weight excluding hydrogens is 937 g/mol. The number of benzene rings is 6. The number of carbonyl (C=O) groups is 2. The Labute approximate surface area is 401 Å². The summed E-state index contributed by atoms with van der Waals surface area (Å²) in [5.41, 5.74) is 4.71. The van der Waals surface area contributed by atoms with E-state index in [1.54, 1.807) is 30.0 Å². The quantitative estimate of drug-likeness (QED) is 0.134. The summed E-state index contributed by atoms with van der Waals surface area (Å²) in [5.74, 6) is -1.07. The van der Waals surface area contributed by atoms with Crippen LogP contribution in [0, 0.1) is 0 Å². The highest BCUT2D eigenvalue weighted by atomic mass is 35.5. The van der Waals surface area contributed by atoms with Crippen molar-refractivity contribution in [1.82, 2.24) is 14.5 Å². The standard InChI is InChI=1S/C24H20Cl2N2OS.C22H15Cl2NO2S.2CH4.S2/c1-2-27-24(29)22-23(30-19-6-4-3-5-7-19)20-14-18(26)12-13-21(20)28(22)15-16-8-10-17(25)11-9-16;23-15-8-6-14(7-9-15)13-25-19-11-10-16(24)12-18(19)21(20(25)22(26)27)28-17-4-2-1-3-5-17;;;1-2/h3-14H,2,15H2,1H3,(H,27,29);1-12H,13H2,(H,26,27);2*1H4;. The molecule has 320 valence electrons. The lowest BCUT2D eigenvalue weighted by Gasteiger charge is -2.12. The molecule has 1 amide bonds. The maximum absolute atomic E-state index is 13.2. The molecule has 8 aromatic rings. The van der Waals surface area contributed by atoms with Crippen LogP contribution in [0.25, 0.3) is 21.8 Å². The van der Waals surface area contributed by atoms with E-state index in [0.29, 0.717) is 50.3 Å². The van der Waals surface area contributed by atoms with Gasteiger partial charge in [0, 0.05) is 82.7 Å². The van der Waals surface area contributed by atoms with Gasteiger partial charge in [0.2, 0.25) is 0 Å². The predicted octanol–water partition coefficient (Wildman–Crippen LogP) is 15.0. The van der Waals surface area contributed by atoms with Crippen molar-refractivity contribution in [1.29, 1.82) is 0 Å². The van der Waals surface area contributed by atoms with Gasteiger partial charge in [-0.3, -0.25) is 4.79 Å². The highest BCUT2D eigenvalue weighted by molar-refractivity contribution is 8.07. The molecule has 0 unspecified atom stereocenters. The van der Waals surface area contributed by atoms with Crippen molar-refractivity contribution in [2.75, 3.05) is 6.54 Å². The van der Waals surface area contributed by atoms with Gasteiger partial charge in [-0.25, -0.2) is 4.79 Å². The second-order valence-corrected chi connectivity index (χ2v) is 17.0. The number of aromatic carboxylic acids is 1. The number of carboxylic acids is 1. The minimum Gasteiger partial charge on any atom is -0.477 e. The Bertz CT molecular complexity index is 2750. The van der Waals surface area contributed by atoms with Crippen molar-refractivity contribution < 1.29 is 14.7 Å². The highest BCUT2D eigenvalue weighted by Crippen LogP contribution is 2.41. The molecule has 8 rings (SSSR count). The molecule has 0 aliphatic rings. The summed E-state index contributed by atoms with van der Waals surface area (Å²) in [6.07, 6.45) is 0. The van der Waals surface area contributed by atoms with Crippen LogP contribution in [0.3, 0.4) is 0 Å². The average Bonchev–Trinajstić information content (AvgIpc) is 3.71. The molecule has 62 heavy (non-hydrogen) atoms. The van der Waals surface area contributed by atoms with Crippen LogP contribution in [0.5, 0.6) is 0 Å². The molecule has 0 atom stereocenters. The maximum Gasteiger partial charge on any atom is 0.353 e. The third kappa shape index (κ3) is 12.2. The minimum atomic E-state index is -0.972. The first-order valence-electron chi connectivity index (χ1n) is 18.4. The molecule has 0 radical (unpaired) electrons. The summed E-state index contributed by atoms with van der Waals surface area (Å²) >= 11 is 35.0. The van der Waals surface area contributed by atoms with Gasteiger partial charge >= 0.3 is 5.97 Å². The molecule has 0 spiro atoms. The van der Waals surface area contributed by atoms with E-state index in [2.05, 4.69) is 32.3 Å². The Morgan fingerprint density at radius 1 is 0.565 bits per heavy atom. The Kier molecular flexibility index (Phi) is 19.4. The number of nitrogens with one attached hydrogen (secondary N) is 1. The zero-order valence-electron chi connectivity index (χ0n) is 31.8. The summed E-state index contributed by atoms with van der Waals surface area (Å²) in [7, 11) is 0. The molecule has 14 heteroatoms. The summed E-state index contributed by atoms with van der Waals surface area (Å²) < 4.78 is 3.88. The first-order chi connectivity index (χ1) is 29.1. The maximum atomic E-state index is 13.2. The number of nitrogens with zero attached hydrogens (tertiary/aromatic N) is 2. The molecule has 0 saturated heterocycles. The van der Waals surface area contributed by atoms with Crippen LogP contribution < -0.4 is 5.32 Å². The topological polar surface area (TPSA) is 76.3 Å². The highest BCUT2D eigenvalue weighted by Gasteiger charge is 2.25. The van der Waals surface area contributed by atoms with Gasteiger partial charge in [0.25, 0.3) is 5.91 Å². The van der Waals surface area contributed by atoms with Gasteiger partial charge in [-0.2, -0.15) is 0 Å². The average molecular weight is 980 g/mol. The number of carboxylic acid groups (broad SMARTS) is 1. The van der Waals surface area contributed by atoms with E-state index < -0.39 is 5.97 Å². The van der Waals surface area contributed by atoms with Crippen molar-refractivity contribution in [2.24, 2.45) is 0 Å². The zero-order valence-corrected chi connectivity index (χ0v) is 38.1. The molecule has 0 aliphatic heterocycles. The summed E-state index contributed by atoms with van der Waals surface area (Å²) in [4.78, 5) is 29.0. The first-order valence-corrected chi connectivity index (χ1v) is 22.8. The zero-order chi connectivity index (χ0) is 42.8. The molecule has 6 aromatic carbocycles. The van der Waals surface area contributed by atoms with Crippen LogP contribution >= 0.6 is 69.9 Å². The van der Waals surface area contributed by atoms with Gasteiger partial charge in [0.05, 0.1) is 20.8 Å². The molecule has 6 nitrogen and oxygen atoms in total. The number of hydrogen-bond acceptors (Lipinski definition) is 6. The van der Waals surface area contributed by atoms with E-state index in [-0.39, 0.29) is 26.5 Å². The number of rotatable bonds is 11. The van der Waals surface area contributed by atoms with Crippen molar-refractivity contribution in [3.8, 4) is 0 Å². The molecule has 2 aromatic heterocycles. The lowest BCUT2D eigenvalue weighted by atomic mass is 10.2. The van der Waals surface area contributed by atoms with Crippen LogP contribution in [0.4, 0.5) is 0 Å². The Balaban J connectivity index is 0.000000255. The Hall–Kier alpha value is -4.36. The van der Waals surface area contributed by atoms with E-state index in [1.807, 2.05) is 139 Å². The Morgan fingerprint density at radius 3 is 1.32 bits per heavy atom. The van der Waals surface area contributed by atoms with Gasteiger partial charge in [0.1, 0.15) is 11.4 Å². The van der Waals surface area contributed by atoms with Crippen molar-refractivity contribution in [3.05, 3.63) is 188 Å². The van der Waals surface area contributed by atoms with E-state index >= 15 is 0 Å². The van der Waals surface area contributed by atoms with E-state index in [0.717, 1.165) is 47.6 Å². The summed E-state index contributed by atoms with van der Waals surface area (Å²) in [6.45, 7) is 3.45. The van der Waals surface area contributed by atoms with Gasteiger partial charge in [-0.15, -0.1) is 0 Å². The number of halogens is 4. The fraction of sp³-hybridized carbons (Fsp3) is 0.125. The fourth-order valence-electron chi connectivity index (χ4n) is 6.57. The van der Waals surface area contributed by atoms with E-state index in [1.165, 1.54) is 11.8 Å². The van der Waals surface area contributed by atoms with Crippen LogP contribution in [-0.4, -0.2) is 32.7 Å². The molecule has 0 aliphatic carbocycles. The number of fused-ring (bicyclic) bond motifs is 2. The van der Waals surface area contributed by atoms with Gasteiger partial charge in [-0.1, -0.05) is 145 Å². The normalized spacial score (nSPS) is 10.4. The van der Waals surface area contributed by atoms with Gasteiger partial charge < -0.3 is 19.6 Å². The smallest absolute Gasteiger partial charge is 0.353 e. The number of hydrogen-bond donors (Lipinski definition) is 2. The minimum absolute atomic E-state index is 0. The lowest BCUT2D eigenvalue weighted by Crippen LogP contribution is -2.26. The molecule has 0 fully saturated rings. The monoisotopic (exact) mass is 977 g/mol. The predicted molar refractivity (Wildman–Crippen MR) is 269 cm³/mol. The third-order valence-electron chi connectivity index (χ3n) is 9.15. The fourth-order valence-corrected chi connectivity index (χ4v) is 9.36. The SMILES string of the molecule is C.C.CCNC(=O)c1c(Sc2ccccc2)c2cc(Cl)ccc2n1Cc1ccc(Cl)cc1.O=C(O)c1c(Sc2ccccc2)c2cc(Cl)ccc2n1Cc1ccc(Cl)cc1.S=S. The molecule has 2 heterocycles. The van der Waals surface area contributed by atoms with Crippen LogP contribution in [-0.2, 0) is 35.5 Å². The second kappa shape index (κ2) is 23.9. The summed E-state index contributed by atoms with van der Waals surface area (Å²) in [6, 6.07) is 46.1. The van der Waals surface area contributed by atoms with Crippen LogP contribution in [0.2, 0.25) is 20.1 Å². The van der Waals surface area contributed by atoms with Gasteiger partial charge in [-0.05, 0) is 103 Å². The van der Waals surface area contributed by atoms with Crippen LogP contribution in [0.15, 0.2) is 165 Å². The molecular formula is C48H43Cl4N3O3S4. The van der Waals surface area contributed by atoms with Crippen molar-refractivity contribution in [2.45, 2.75) is 54.4 Å². The molecule has 0 saturated carbocycles. The van der Waals surface area contributed by atoms with Crippen LogP contribution in [0.1, 0.15) is 53.9 Å². The molecule has 0 bridgehead atoms. The number of aromatic nitrogens is 2. The first kappa shape index (κ1) is 50.3. The van der Waals surface area contributed by atoms with Crippen molar-refractivity contribution in [3.63, 3.8) is 0 Å². The largest absolute Gasteiger partial charge is 0.477 e. The molecule has 2 N–H and O–H groups in total. The Morgan fingerprint density at radius 2 is 0.935 bits per heavy atom. The van der Waals surface area contributed by atoms with E-state index in [4.69, 9.17) is 46.4 Å². The lowest BCUT2D eigenvalue weighted by molar-refractivity contribution is 0.0682. The van der Waals surface area contributed by atoms with Crippen molar-refractivity contribution >= 4 is 126 Å².